The summed E-state index contributed by atoms with van der Waals surface area (Å²) in [6.45, 7) is 12.9. The summed E-state index contributed by atoms with van der Waals surface area (Å²) in [7, 11) is 0. The van der Waals surface area contributed by atoms with Crippen molar-refractivity contribution in [3.63, 3.8) is 0 Å². The van der Waals surface area contributed by atoms with Crippen molar-refractivity contribution in [2.24, 2.45) is 5.92 Å². The number of rotatable bonds is 9. The van der Waals surface area contributed by atoms with Gasteiger partial charge in [0.1, 0.15) is 5.52 Å². The molecule has 25 heavy (non-hydrogen) atoms. The molecule has 0 saturated carbocycles. The molecule has 0 fully saturated rings. The number of oxazole rings is 1. The highest BCUT2D eigenvalue weighted by atomic mass is 16.3. The molecule has 1 heterocycles. The Labute approximate surface area is 150 Å². The van der Waals surface area contributed by atoms with Gasteiger partial charge >= 0.3 is 0 Å². The van der Waals surface area contributed by atoms with E-state index in [1.807, 2.05) is 29.2 Å². The molecule has 0 spiro atoms. The maximum atomic E-state index is 12.6. The number of fused-ring (bicyclic) bond motifs is 1. The third kappa shape index (κ3) is 5.71. The van der Waals surface area contributed by atoms with E-state index in [0.717, 1.165) is 43.8 Å². The second kappa shape index (κ2) is 9.37. The van der Waals surface area contributed by atoms with Crippen LogP contribution in [0.2, 0.25) is 0 Å². The Morgan fingerprint density at radius 2 is 1.92 bits per heavy atom. The Hall–Kier alpha value is -2.14. The minimum absolute atomic E-state index is 0.00288. The van der Waals surface area contributed by atoms with E-state index >= 15 is 0 Å². The Balaban J connectivity index is 2.04. The molecule has 0 aliphatic carbocycles. The molecule has 2 aromatic rings. The first kappa shape index (κ1) is 19.2. The van der Waals surface area contributed by atoms with Gasteiger partial charge < -0.3 is 14.2 Å². The molecule has 0 radical (unpaired) electrons. The first-order valence-corrected chi connectivity index (χ1v) is 9.08. The van der Waals surface area contributed by atoms with Crippen LogP contribution in [0.4, 0.5) is 0 Å². The van der Waals surface area contributed by atoms with Crippen molar-refractivity contribution < 1.29 is 9.21 Å². The topological polar surface area (TPSA) is 49.6 Å². The van der Waals surface area contributed by atoms with E-state index < -0.39 is 0 Å². The van der Waals surface area contributed by atoms with E-state index in [-0.39, 0.29) is 5.91 Å². The van der Waals surface area contributed by atoms with Gasteiger partial charge in [0.25, 0.3) is 0 Å². The van der Waals surface area contributed by atoms with E-state index in [2.05, 4.69) is 37.6 Å². The molecule has 0 bridgehead atoms. The molecule has 0 aliphatic heterocycles. The van der Waals surface area contributed by atoms with Gasteiger partial charge in [-0.2, -0.15) is 0 Å². The number of carbonyl (C=O) groups excluding carboxylic acids is 1. The third-order valence-corrected chi connectivity index (χ3v) is 4.16. The predicted molar refractivity (Wildman–Crippen MR) is 102 cm³/mol. The monoisotopic (exact) mass is 343 g/mol. The number of amides is 1. The molecule has 0 aliphatic rings. The number of benzene rings is 1. The molecule has 136 valence electrons. The first-order valence-electron chi connectivity index (χ1n) is 9.08. The standard InChI is InChI=1S/C20H29N3O2/c1-5-22(6-2)13-14-23(15-16(3)4)20(24)12-11-19-21-17-9-7-8-10-18(17)25-19/h7-12,16H,5-6,13-15H2,1-4H3/b12-11+. The van der Waals surface area contributed by atoms with Crippen LogP contribution < -0.4 is 0 Å². The van der Waals surface area contributed by atoms with Gasteiger partial charge in [-0.3, -0.25) is 4.79 Å². The Kier molecular flexibility index (Phi) is 7.19. The zero-order chi connectivity index (χ0) is 18.2. The van der Waals surface area contributed by atoms with Crippen LogP contribution in [0.3, 0.4) is 0 Å². The zero-order valence-electron chi connectivity index (χ0n) is 15.7. The lowest BCUT2D eigenvalue weighted by molar-refractivity contribution is -0.126. The number of para-hydroxylation sites is 2. The molecular formula is C20H29N3O2. The fraction of sp³-hybridized carbons (Fsp3) is 0.500. The second-order valence-electron chi connectivity index (χ2n) is 6.56. The summed E-state index contributed by atoms with van der Waals surface area (Å²) in [5.41, 5.74) is 1.53. The molecular weight excluding hydrogens is 314 g/mol. The minimum atomic E-state index is 0.00288. The summed E-state index contributed by atoms with van der Waals surface area (Å²) >= 11 is 0. The zero-order valence-corrected chi connectivity index (χ0v) is 15.7. The quantitative estimate of drug-likeness (QED) is 0.652. The summed E-state index contributed by atoms with van der Waals surface area (Å²) in [5, 5.41) is 0. The van der Waals surface area contributed by atoms with Gasteiger partial charge in [0.05, 0.1) is 0 Å². The highest BCUT2D eigenvalue weighted by Gasteiger charge is 2.14. The minimum Gasteiger partial charge on any atom is -0.437 e. The number of carbonyl (C=O) groups is 1. The third-order valence-electron chi connectivity index (χ3n) is 4.16. The van der Waals surface area contributed by atoms with Crippen LogP contribution in [0.15, 0.2) is 34.8 Å². The Morgan fingerprint density at radius 3 is 2.56 bits per heavy atom. The molecule has 0 N–H and O–H groups in total. The largest absolute Gasteiger partial charge is 0.437 e. The van der Waals surface area contributed by atoms with Crippen molar-refractivity contribution in [1.82, 2.24) is 14.8 Å². The van der Waals surface area contributed by atoms with Crippen LogP contribution in [-0.2, 0) is 4.79 Å². The molecule has 2 rings (SSSR count). The van der Waals surface area contributed by atoms with Crippen molar-refractivity contribution in [3.05, 3.63) is 36.2 Å². The number of hydrogen-bond acceptors (Lipinski definition) is 4. The van der Waals surface area contributed by atoms with E-state index in [0.29, 0.717) is 11.8 Å². The molecule has 0 saturated heterocycles. The van der Waals surface area contributed by atoms with Crippen molar-refractivity contribution in [1.29, 1.82) is 0 Å². The molecule has 5 heteroatoms. The van der Waals surface area contributed by atoms with Gasteiger partial charge in [0, 0.05) is 31.8 Å². The first-order chi connectivity index (χ1) is 12.0. The summed E-state index contributed by atoms with van der Waals surface area (Å²) < 4.78 is 5.64. The summed E-state index contributed by atoms with van der Waals surface area (Å²) in [4.78, 5) is 21.2. The molecule has 1 aromatic carbocycles. The molecule has 1 aromatic heterocycles. The van der Waals surface area contributed by atoms with E-state index in [9.17, 15) is 4.79 Å². The lowest BCUT2D eigenvalue weighted by atomic mass is 10.2. The smallest absolute Gasteiger partial charge is 0.246 e. The average molecular weight is 343 g/mol. The van der Waals surface area contributed by atoms with E-state index in [1.54, 1.807) is 12.2 Å². The van der Waals surface area contributed by atoms with Crippen LogP contribution in [0.25, 0.3) is 17.2 Å². The highest BCUT2D eigenvalue weighted by molar-refractivity contribution is 5.91. The van der Waals surface area contributed by atoms with Gasteiger partial charge in [-0.05, 0) is 31.1 Å². The lowest BCUT2D eigenvalue weighted by Gasteiger charge is -2.27. The number of likely N-dealkylation sites (N-methyl/N-ethyl adjacent to an activating group) is 1. The summed E-state index contributed by atoms with van der Waals surface area (Å²) in [5.74, 6) is 0.893. The van der Waals surface area contributed by atoms with Crippen LogP contribution in [-0.4, -0.2) is 53.4 Å². The predicted octanol–water partition coefficient (Wildman–Crippen LogP) is 3.67. The van der Waals surface area contributed by atoms with Crippen LogP contribution in [0, 0.1) is 5.92 Å². The summed E-state index contributed by atoms with van der Waals surface area (Å²) in [6, 6.07) is 7.59. The van der Waals surface area contributed by atoms with Gasteiger partial charge in [-0.1, -0.05) is 39.8 Å². The molecule has 1 amide bonds. The normalized spacial score (nSPS) is 11.9. The van der Waals surface area contributed by atoms with Gasteiger partial charge in [0.2, 0.25) is 11.8 Å². The van der Waals surface area contributed by atoms with Crippen molar-refractivity contribution in [2.75, 3.05) is 32.7 Å². The van der Waals surface area contributed by atoms with Gasteiger partial charge in [0.15, 0.2) is 5.58 Å². The number of hydrogen-bond donors (Lipinski definition) is 0. The maximum absolute atomic E-state index is 12.6. The molecule has 0 unspecified atom stereocenters. The lowest BCUT2D eigenvalue weighted by Crippen LogP contribution is -2.39. The van der Waals surface area contributed by atoms with Gasteiger partial charge in [-0.15, -0.1) is 0 Å². The maximum Gasteiger partial charge on any atom is 0.246 e. The summed E-state index contributed by atoms with van der Waals surface area (Å²) in [6.07, 6.45) is 3.22. The van der Waals surface area contributed by atoms with E-state index in [4.69, 9.17) is 4.42 Å². The fourth-order valence-electron chi connectivity index (χ4n) is 2.74. The van der Waals surface area contributed by atoms with Gasteiger partial charge in [-0.25, -0.2) is 4.98 Å². The Bertz CT molecular complexity index is 669. The van der Waals surface area contributed by atoms with Crippen LogP contribution in [0.1, 0.15) is 33.6 Å². The van der Waals surface area contributed by atoms with Crippen molar-refractivity contribution >= 4 is 23.1 Å². The average Bonchev–Trinajstić information content (AvgIpc) is 3.02. The van der Waals surface area contributed by atoms with E-state index in [1.165, 1.54) is 0 Å². The van der Waals surface area contributed by atoms with Crippen LogP contribution >= 0.6 is 0 Å². The number of nitrogens with zero attached hydrogens (tertiary/aromatic N) is 3. The SMILES string of the molecule is CCN(CC)CCN(CC(C)C)C(=O)/C=C/c1nc2ccccc2o1. The number of aromatic nitrogens is 1. The Morgan fingerprint density at radius 1 is 1.20 bits per heavy atom. The highest BCUT2D eigenvalue weighted by Crippen LogP contribution is 2.15. The van der Waals surface area contributed by atoms with Crippen molar-refractivity contribution in [2.45, 2.75) is 27.7 Å². The van der Waals surface area contributed by atoms with Crippen LogP contribution in [0.5, 0.6) is 0 Å². The fourth-order valence-corrected chi connectivity index (χ4v) is 2.74. The second-order valence-corrected chi connectivity index (χ2v) is 6.56. The molecule has 0 atom stereocenters. The molecule has 5 nitrogen and oxygen atoms in total. The van der Waals surface area contributed by atoms with Crippen molar-refractivity contribution in [3.8, 4) is 0 Å².